The fraction of sp³-hybridized carbons (Fsp3) is 0.250. The van der Waals surface area contributed by atoms with Crippen LogP contribution in [0.25, 0.3) is 10.2 Å². The molecule has 3 heterocycles. The van der Waals surface area contributed by atoms with E-state index in [2.05, 4.69) is 20.6 Å². The highest BCUT2D eigenvalue weighted by molar-refractivity contribution is 7.16. The van der Waals surface area contributed by atoms with Crippen molar-refractivity contribution in [2.45, 2.75) is 12.7 Å². The number of aromatic nitrogens is 3. The van der Waals surface area contributed by atoms with E-state index in [1.165, 1.54) is 17.7 Å². The number of carbonyl (C=O) groups excluding carboxylic acids is 1. The molecular weight excluding hydrogens is 383 g/mol. The van der Waals surface area contributed by atoms with Crippen LogP contribution in [0.15, 0.2) is 40.9 Å². The number of pyridine rings is 1. The molecule has 3 aromatic heterocycles. The molecule has 142 valence electrons. The van der Waals surface area contributed by atoms with Crippen LogP contribution >= 0.6 is 11.3 Å². The minimum atomic E-state index is -4.58. The standard InChI is InChI=1S/C16H14F3N5O2S/c17-16(18,19)10-1-2-13(26)24(7-10)8-12(25)20-4-5-21-14-11-3-6-27-15(11)23-9-22-14/h1-3,6-7,9H,4-5,8H2,(H,20,25)(H,21,22,23). The topological polar surface area (TPSA) is 88.9 Å². The fourth-order valence-corrected chi connectivity index (χ4v) is 3.08. The van der Waals surface area contributed by atoms with Crippen molar-refractivity contribution in [3.63, 3.8) is 0 Å². The highest BCUT2D eigenvalue weighted by atomic mass is 32.1. The average Bonchev–Trinajstić information content (AvgIpc) is 3.09. The SMILES string of the molecule is O=C(Cn1cc(C(F)(F)F)ccc1=O)NCCNc1ncnc2sccc12. The molecule has 1 amide bonds. The lowest BCUT2D eigenvalue weighted by atomic mass is 10.3. The maximum absolute atomic E-state index is 12.7. The Balaban J connectivity index is 1.53. The van der Waals surface area contributed by atoms with Crippen molar-refractivity contribution >= 4 is 33.3 Å². The van der Waals surface area contributed by atoms with Gasteiger partial charge in [-0.25, -0.2) is 9.97 Å². The van der Waals surface area contributed by atoms with Gasteiger partial charge in [-0.2, -0.15) is 13.2 Å². The highest BCUT2D eigenvalue weighted by Gasteiger charge is 2.31. The Hall–Kier alpha value is -2.95. The summed E-state index contributed by atoms with van der Waals surface area (Å²) in [4.78, 5) is 32.6. The number of nitrogens with one attached hydrogen (secondary N) is 2. The molecule has 0 radical (unpaired) electrons. The lowest BCUT2D eigenvalue weighted by Crippen LogP contribution is -2.35. The second kappa shape index (κ2) is 7.74. The quantitative estimate of drug-likeness (QED) is 0.622. The molecule has 11 heteroatoms. The number of hydrogen-bond donors (Lipinski definition) is 2. The maximum Gasteiger partial charge on any atom is 0.417 e. The minimum absolute atomic E-state index is 0.210. The van der Waals surface area contributed by atoms with E-state index in [0.717, 1.165) is 20.9 Å². The third kappa shape index (κ3) is 4.61. The van der Waals surface area contributed by atoms with Crippen molar-refractivity contribution in [2.24, 2.45) is 0 Å². The number of anilines is 1. The van der Waals surface area contributed by atoms with Gasteiger partial charge in [0.1, 0.15) is 23.5 Å². The number of thiophene rings is 1. The number of rotatable bonds is 6. The number of carbonyl (C=O) groups is 1. The third-order valence-corrected chi connectivity index (χ3v) is 4.45. The van der Waals surface area contributed by atoms with E-state index in [1.807, 2.05) is 11.4 Å². The number of fused-ring (bicyclic) bond motifs is 1. The molecule has 0 aliphatic rings. The second-order valence-corrected chi connectivity index (χ2v) is 6.41. The summed E-state index contributed by atoms with van der Waals surface area (Å²) in [5.74, 6) is 0.0613. The van der Waals surface area contributed by atoms with Crippen molar-refractivity contribution in [1.29, 1.82) is 0 Å². The molecule has 0 atom stereocenters. The summed E-state index contributed by atoms with van der Waals surface area (Å²) in [6.07, 6.45) is -2.52. The van der Waals surface area contributed by atoms with Gasteiger partial charge < -0.3 is 15.2 Å². The molecule has 0 aliphatic heterocycles. The van der Waals surface area contributed by atoms with Crippen LogP contribution in [0.4, 0.5) is 19.0 Å². The molecule has 0 unspecified atom stereocenters. The summed E-state index contributed by atoms with van der Waals surface area (Å²) in [7, 11) is 0. The van der Waals surface area contributed by atoms with Crippen LogP contribution in [-0.4, -0.2) is 33.5 Å². The van der Waals surface area contributed by atoms with E-state index < -0.39 is 29.8 Å². The van der Waals surface area contributed by atoms with Crippen molar-refractivity contribution in [3.8, 4) is 0 Å². The summed E-state index contributed by atoms with van der Waals surface area (Å²) in [5, 5.41) is 8.36. The number of nitrogens with zero attached hydrogens (tertiary/aromatic N) is 3. The van der Waals surface area contributed by atoms with Gasteiger partial charge in [0.15, 0.2) is 0 Å². The monoisotopic (exact) mass is 397 g/mol. The number of amides is 1. The lowest BCUT2D eigenvalue weighted by molar-refractivity contribution is -0.138. The van der Waals surface area contributed by atoms with Gasteiger partial charge in [-0.3, -0.25) is 9.59 Å². The van der Waals surface area contributed by atoms with Crippen LogP contribution in [-0.2, 0) is 17.5 Å². The van der Waals surface area contributed by atoms with Gasteiger partial charge >= 0.3 is 6.18 Å². The first-order valence-corrected chi connectivity index (χ1v) is 8.69. The summed E-state index contributed by atoms with van der Waals surface area (Å²) in [5.41, 5.74) is -1.67. The van der Waals surface area contributed by atoms with Crippen LogP contribution < -0.4 is 16.2 Å². The van der Waals surface area contributed by atoms with Crippen molar-refractivity contribution in [3.05, 3.63) is 52.0 Å². The van der Waals surface area contributed by atoms with Crippen molar-refractivity contribution in [1.82, 2.24) is 19.9 Å². The summed E-state index contributed by atoms with van der Waals surface area (Å²) < 4.78 is 38.8. The van der Waals surface area contributed by atoms with E-state index in [1.54, 1.807) is 0 Å². The molecular formula is C16H14F3N5O2S. The summed E-state index contributed by atoms with van der Waals surface area (Å²) in [6, 6.07) is 3.35. The van der Waals surface area contributed by atoms with E-state index in [0.29, 0.717) is 24.6 Å². The van der Waals surface area contributed by atoms with Gasteiger partial charge in [-0.1, -0.05) is 0 Å². The zero-order valence-electron chi connectivity index (χ0n) is 13.8. The van der Waals surface area contributed by atoms with E-state index in [4.69, 9.17) is 0 Å². The fourth-order valence-electron chi connectivity index (χ4n) is 2.35. The van der Waals surface area contributed by atoms with Gasteiger partial charge in [0.05, 0.1) is 10.9 Å². The Kier molecular flexibility index (Phi) is 5.40. The van der Waals surface area contributed by atoms with Gasteiger partial charge in [-0.05, 0) is 17.5 Å². The van der Waals surface area contributed by atoms with E-state index in [-0.39, 0.29) is 6.54 Å². The Morgan fingerprint density at radius 3 is 2.78 bits per heavy atom. The van der Waals surface area contributed by atoms with Crippen molar-refractivity contribution in [2.75, 3.05) is 18.4 Å². The summed E-state index contributed by atoms with van der Waals surface area (Å²) >= 11 is 1.48. The zero-order chi connectivity index (χ0) is 19.4. The highest BCUT2D eigenvalue weighted by Crippen LogP contribution is 2.28. The molecule has 3 rings (SSSR count). The van der Waals surface area contributed by atoms with Crippen LogP contribution in [0.1, 0.15) is 5.56 Å². The first kappa shape index (κ1) is 18.8. The third-order valence-electron chi connectivity index (χ3n) is 3.63. The Labute approximate surface area is 154 Å². The molecule has 7 nitrogen and oxygen atoms in total. The largest absolute Gasteiger partial charge is 0.417 e. The van der Waals surface area contributed by atoms with E-state index in [9.17, 15) is 22.8 Å². The molecule has 0 saturated heterocycles. The smallest absolute Gasteiger partial charge is 0.368 e. The molecule has 0 aliphatic carbocycles. The molecule has 0 saturated carbocycles. The Morgan fingerprint density at radius 1 is 1.19 bits per heavy atom. The van der Waals surface area contributed by atoms with Crippen LogP contribution in [0, 0.1) is 0 Å². The predicted octanol–water partition coefficient (Wildman–Crippen LogP) is 2.10. The average molecular weight is 397 g/mol. The maximum atomic E-state index is 12.7. The van der Waals surface area contributed by atoms with Crippen LogP contribution in [0.2, 0.25) is 0 Å². The lowest BCUT2D eigenvalue weighted by Gasteiger charge is -2.11. The predicted molar refractivity (Wildman–Crippen MR) is 94.6 cm³/mol. The van der Waals surface area contributed by atoms with Gasteiger partial charge in [-0.15, -0.1) is 11.3 Å². The molecule has 0 fully saturated rings. The zero-order valence-corrected chi connectivity index (χ0v) is 14.6. The Bertz CT molecular complexity index is 1010. The van der Waals surface area contributed by atoms with Crippen molar-refractivity contribution < 1.29 is 18.0 Å². The van der Waals surface area contributed by atoms with Crippen LogP contribution in [0.3, 0.4) is 0 Å². The summed E-state index contributed by atoms with van der Waals surface area (Å²) in [6.45, 7) is 0.0679. The van der Waals surface area contributed by atoms with Gasteiger partial charge in [0.2, 0.25) is 5.91 Å². The van der Waals surface area contributed by atoms with Gasteiger partial charge in [0.25, 0.3) is 5.56 Å². The molecule has 0 aromatic carbocycles. The van der Waals surface area contributed by atoms with E-state index >= 15 is 0 Å². The normalized spacial score (nSPS) is 11.5. The number of halogens is 3. The molecule has 0 spiro atoms. The molecule has 2 N–H and O–H groups in total. The van der Waals surface area contributed by atoms with Crippen LogP contribution in [0.5, 0.6) is 0 Å². The Morgan fingerprint density at radius 2 is 2.00 bits per heavy atom. The first-order valence-electron chi connectivity index (χ1n) is 7.81. The number of hydrogen-bond acceptors (Lipinski definition) is 6. The van der Waals surface area contributed by atoms with Gasteiger partial charge in [0, 0.05) is 25.4 Å². The number of alkyl halides is 3. The first-order chi connectivity index (χ1) is 12.8. The molecule has 0 bridgehead atoms. The molecule has 27 heavy (non-hydrogen) atoms. The minimum Gasteiger partial charge on any atom is -0.368 e. The second-order valence-electron chi connectivity index (χ2n) is 5.52. The molecule has 3 aromatic rings.